The number of rotatable bonds is 10. The molecular formula is C34H30F2N2. The Morgan fingerprint density at radius 2 is 0.684 bits per heavy atom. The van der Waals surface area contributed by atoms with E-state index in [0.717, 1.165) is 22.3 Å². The molecule has 5 aromatic rings. The third-order valence-electron chi connectivity index (χ3n) is 6.72. The lowest BCUT2D eigenvalue weighted by molar-refractivity contribution is 0.591. The van der Waals surface area contributed by atoms with Crippen LogP contribution in [0, 0.1) is 11.6 Å². The van der Waals surface area contributed by atoms with E-state index in [1.165, 1.54) is 35.4 Å². The van der Waals surface area contributed by atoms with Crippen molar-refractivity contribution in [3.63, 3.8) is 0 Å². The SMILES string of the molecule is Fc1ccc(C(NCc2ccccc2)c2ccc(C(NCc3ccccc3)c3ccc(F)cc3)cc2)cc1. The molecule has 38 heavy (non-hydrogen) atoms. The highest BCUT2D eigenvalue weighted by molar-refractivity contribution is 5.38. The zero-order chi connectivity index (χ0) is 26.2. The predicted octanol–water partition coefficient (Wildman–Crippen LogP) is 7.72. The highest BCUT2D eigenvalue weighted by atomic mass is 19.1. The van der Waals surface area contributed by atoms with Crippen molar-refractivity contribution in [3.8, 4) is 0 Å². The van der Waals surface area contributed by atoms with E-state index in [2.05, 4.69) is 59.2 Å². The molecule has 0 aliphatic carbocycles. The summed E-state index contributed by atoms with van der Waals surface area (Å²) in [5.74, 6) is -0.505. The molecular weight excluding hydrogens is 474 g/mol. The molecule has 0 aliphatic heterocycles. The third kappa shape index (κ3) is 6.60. The topological polar surface area (TPSA) is 24.1 Å². The van der Waals surface area contributed by atoms with Crippen LogP contribution < -0.4 is 10.6 Å². The van der Waals surface area contributed by atoms with E-state index in [-0.39, 0.29) is 23.7 Å². The monoisotopic (exact) mass is 504 g/mol. The van der Waals surface area contributed by atoms with Crippen molar-refractivity contribution in [3.05, 3.63) is 178 Å². The molecule has 0 radical (unpaired) electrons. The summed E-state index contributed by atoms with van der Waals surface area (Å²) < 4.78 is 27.4. The van der Waals surface area contributed by atoms with Crippen molar-refractivity contribution in [2.24, 2.45) is 0 Å². The fourth-order valence-corrected chi connectivity index (χ4v) is 4.68. The summed E-state index contributed by atoms with van der Waals surface area (Å²) in [5, 5.41) is 7.28. The van der Waals surface area contributed by atoms with E-state index in [9.17, 15) is 8.78 Å². The van der Waals surface area contributed by atoms with Crippen LogP contribution >= 0.6 is 0 Å². The van der Waals surface area contributed by atoms with E-state index in [1.807, 2.05) is 60.7 Å². The van der Waals surface area contributed by atoms with Crippen LogP contribution in [-0.4, -0.2) is 0 Å². The van der Waals surface area contributed by atoms with Gasteiger partial charge in [0.15, 0.2) is 0 Å². The van der Waals surface area contributed by atoms with Crippen LogP contribution in [0.3, 0.4) is 0 Å². The molecule has 0 heterocycles. The molecule has 0 spiro atoms. The first-order valence-electron chi connectivity index (χ1n) is 12.8. The molecule has 0 fully saturated rings. The quantitative estimate of drug-likeness (QED) is 0.203. The van der Waals surface area contributed by atoms with Crippen molar-refractivity contribution in [1.29, 1.82) is 0 Å². The maximum absolute atomic E-state index is 13.7. The van der Waals surface area contributed by atoms with E-state index < -0.39 is 0 Å². The Bertz CT molecular complexity index is 1290. The van der Waals surface area contributed by atoms with Crippen LogP contribution in [0.1, 0.15) is 45.5 Å². The smallest absolute Gasteiger partial charge is 0.123 e. The Morgan fingerprint density at radius 3 is 1.00 bits per heavy atom. The van der Waals surface area contributed by atoms with E-state index in [4.69, 9.17) is 0 Å². The van der Waals surface area contributed by atoms with Crippen LogP contribution in [-0.2, 0) is 13.1 Å². The van der Waals surface area contributed by atoms with Gasteiger partial charge in [-0.3, -0.25) is 0 Å². The summed E-state index contributed by atoms with van der Waals surface area (Å²) in [6, 6.07) is 42.0. The van der Waals surface area contributed by atoms with Crippen molar-refractivity contribution in [1.82, 2.24) is 10.6 Å². The van der Waals surface area contributed by atoms with Gasteiger partial charge in [0, 0.05) is 13.1 Å². The number of nitrogens with one attached hydrogen (secondary N) is 2. The summed E-state index contributed by atoms with van der Waals surface area (Å²) in [6.45, 7) is 1.36. The molecule has 0 amide bonds. The molecule has 0 aromatic heterocycles. The average molecular weight is 505 g/mol. The maximum atomic E-state index is 13.7. The zero-order valence-electron chi connectivity index (χ0n) is 21.0. The lowest BCUT2D eigenvalue weighted by atomic mass is 9.93. The summed E-state index contributed by atoms with van der Waals surface area (Å²) >= 11 is 0. The fourth-order valence-electron chi connectivity index (χ4n) is 4.68. The molecule has 2 nitrogen and oxygen atoms in total. The van der Waals surface area contributed by atoms with Gasteiger partial charge in [0.1, 0.15) is 11.6 Å². The molecule has 2 N–H and O–H groups in total. The minimum absolute atomic E-state index is 0.105. The van der Waals surface area contributed by atoms with E-state index in [0.29, 0.717) is 13.1 Å². The summed E-state index contributed by atoms with van der Waals surface area (Å²) in [5.41, 5.74) is 6.50. The normalized spacial score (nSPS) is 12.7. The van der Waals surface area contributed by atoms with Gasteiger partial charge in [0.25, 0.3) is 0 Å². The molecule has 4 heteroatoms. The second-order valence-electron chi connectivity index (χ2n) is 9.37. The Balaban J connectivity index is 1.42. The van der Waals surface area contributed by atoms with Crippen LogP contribution in [0.15, 0.2) is 133 Å². The van der Waals surface area contributed by atoms with Gasteiger partial charge >= 0.3 is 0 Å². The molecule has 2 atom stereocenters. The molecule has 0 saturated carbocycles. The fraction of sp³-hybridized carbons (Fsp3) is 0.118. The number of hydrogen-bond acceptors (Lipinski definition) is 2. The van der Waals surface area contributed by atoms with Crippen molar-refractivity contribution in [2.45, 2.75) is 25.2 Å². The lowest BCUT2D eigenvalue weighted by Crippen LogP contribution is -2.23. The molecule has 190 valence electrons. The highest BCUT2D eigenvalue weighted by Gasteiger charge is 2.18. The van der Waals surface area contributed by atoms with E-state index in [1.54, 1.807) is 0 Å². The number of benzene rings is 5. The van der Waals surface area contributed by atoms with Crippen molar-refractivity contribution < 1.29 is 8.78 Å². The highest BCUT2D eigenvalue weighted by Crippen LogP contribution is 2.28. The van der Waals surface area contributed by atoms with Gasteiger partial charge in [-0.15, -0.1) is 0 Å². The standard InChI is InChI=1S/C34H30F2N2/c35-31-19-15-29(16-20-31)33(37-23-25-7-3-1-4-8-25)27-11-13-28(14-12-27)34(30-17-21-32(36)22-18-30)38-24-26-9-5-2-6-10-26/h1-22,33-34,37-38H,23-24H2. The molecule has 0 aliphatic rings. The van der Waals surface area contributed by atoms with Gasteiger partial charge in [0.05, 0.1) is 12.1 Å². The summed E-state index contributed by atoms with van der Waals surface area (Å²) in [7, 11) is 0. The Morgan fingerprint density at radius 1 is 0.395 bits per heavy atom. The van der Waals surface area contributed by atoms with Gasteiger partial charge in [0.2, 0.25) is 0 Å². The largest absolute Gasteiger partial charge is 0.302 e. The van der Waals surface area contributed by atoms with Crippen LogP contribution in [0.5, 0.6) is 0 Å². The second-order valence-corrected chi connectivity index (χ2v) is 9.37. The second kappa shape index (κ2) is 12.4. The first-order chi connectivity index (χ1) is 18.7. The van der Waals surface area contributed by atoms with E-state index >= 15 is 0 Å². The maximum Gasteiger partial charge on any atom is 0.123 e. The molecule has 5 aromatic carbocycles. The van der Waals surface area contributed by atoms with Gasteiger partial charge < -0.3 is 10.6 Å². The first kappa shape index (κ1) is 25.5. The Labute approximate surface area is 223 Å². The summed E-state index contributed by atoms with van der Waals surface area (Å²) in [4.78, 5) is 0. The number of halogens is 2. The van der Waals surface area contributed by atoms with Crippen LogP contribution in [0.2, 0.25) is 0 Å². The minimum atomic E-state index is -0.252. The molecule has 0 saturated heterocycles. The zero-order valence-corrected chi connectivity index (χ0v) is 21.0. The van der Waals surface area contributed by atoms with Gasteiger partial charge in [-0.1, -0.05) is 109 Å². The lowest BCUT2D eigenvalue weighted by Gasteiger charge is -2.23. The third-order valence-corrected chi connectivity index (χ3v) is 6.72. The molecule has 0 bridgehead atoms. The van der Waals surface area contributed by atoms with Crippen LogP contribution in [0.4, 0.5) is 8.78 Å². The molecule has 5 rings (SSSR count). The Kier molecular flexibility index (Phi) is 8.34. The van der Waals surface area contributed by atoms with Gasteiger partial charge in [-0.05, 0) is 57.6 Å². The first-order valence-corrected chi connectivity index (χ1v) is 12.8. The van der Waals surface area contributed by atoms with Crippen LogP contribution in [0.25, 0.3) is 0 Å². The average Bonchev–Trinajstić information content (AvgIpc) is 2.97. The minimum Gasteiger partial charge on any atom is -0.302 e. The Hall–Kier alpha value is -4.12. The molecule has 2 unspecified atom stereocenters. The van der Waals surface area contributed by atoms with Crippen molar-refractivity contribution >= 4 is 0 Å². The van der Waals surface area contributed by atoms with Crippen molar-refractivity contribution in [2.75, 3.05) is 0 Å². The predicted molar refractivity (Wildman–Crippen MR) is 149 cm³/mol. The van der Waals surface area contributed by atoms with Gasteiger partial charge in [-0.25, -0.2) is 8.78 Å². The summed E-state index contributed by atoms with van der Waals surface area (Å²) in [6.07, 6.45) is 0. The van der Waals surface area contributed by atoms with Gasteiger partial charge in [-0.2, -0.15) is 0 Å². The number of hydrogen-bond donors (Lipinski definition) is 2.